The van der Waals surface area contributed by atoms with Gasteiger partial charge in [0.15, 0.2) is 0 Å². The number of pyridine rings is 1. The van der Waals surface area contributed by atoms with Crippen molar-refractivity contribution in [3.8, 4) is 27.6 Å². The van der Waals surface area contributed by atoms with Crippen LogP contribution >= 0.6 is 11.3 Å². The summed E-state index contributed by atoms with van der Waals surface area (Å²) >= 11 is 1.63. The van der Waals surface area contributed by atoms with E-state index < -0.39 is 0 Å². The number of ether oxygens (including phenoxy) is 1. The molecule has 0 spiro atoms. The minimum atomic E-state index is -0.362. The Balaban J connectivity index is 1.51. The van der Waals surface area contributed by atoms with Gasteiger partial charge in [-0.3, -0.25) is 0 Å². The minimum Gasteiger partial charge on any atom is -0.507 e. The van der Waals surface area contributed by atoms with Gasteiger partial charge < -0.3 is 14.8 Å². The fourth-order valence-electron chi connectivity index (χ4n) is 5.75. The number of aromatic nitrogens is 3. The van der Waals surface area contributed by atoms with Gasteiger partial charge in [-0.25, -0.2) is 14.8 Å². The average Bonchev–Trinajstić information content (AvgIpc) is 3.46. The molecule has 1 fully saturated rings. The molecule has 1 aliphatic rings. The van der Waals surface area contributed by atoms with Crippen molar-refractivity contribution in [1.82, 2.24) is 15.0 Å². The number of thiazole rings is 1. The highest BCUT2D eigenvalue weighted by molar-refractivity contribution is 7.15. The number of fused-ring (bicyclic) bond motifs is 2. The Morgan fingerprint density at radius 2 is 1.86 bits per heavy atom. The number of methoxy groups -OCH3 is 1. The lowest BCUT2D eigenvalue weighted by Crippen LogP contribution is -2.05. The van der Waals surface area contributed by atoms with Crippen molar-refractivity contribution in [2.45, 2.75) is 51.9 Å². The molecule has 188 valence electrons. The summed E-state index contributed by atoms with van der Waals surface area (Å²) < 4.78 is 4.94. The first-order valence-corrected chi connectivity index (χ1v) is 13.6. The Morgan fingerprint density at radius 1 is 1.05 bits per heavy atom. The van der Waals surface area contributed by atoms with Gasteiger partial charge in [0, 0.05) is 27.9 Å². The van der Waals surface area contributed by atoms with E-state index in [1.54, 1.807) is 17.4 Å². The van der Waals surface area contributed by atoms with E-state index >= 15 is 0 Å². The lowest BCUT2D eigenvalue weighted by molar-refractivity contribution is 0.0601. The SMILES string of the molecule is COC(=O)c1ccc2c(C3CCCCC3)c(-c3cc4ccc(-c5sc(C)nc5C)nc4cc3O)[nH]c2c1. The fraction of sp³-hybridized carbons (Fsp3) is 0.300. The van der Waals surface area contributed by atoms with E-state index in [0.717, 1.165) is 67.2 Å². The maximum absolute atomic E-state index is 12.2. The van der Waals surface area contributed by atoms with E-state index in [1.807, 2.05) is 44.2 Å². The summed E-state index contributed by atoms with van der Waals surface area (Å²) in [4.78, 5) is 26.2. The first-order chi connectivity index (χ1) is 17.9. The minimum absolute atomic E-state index is 0.186. The number of nitrogens with zero attached hydrogens (tertiary/aromatic N) is 2. The van der Waals surface area contributed by atoms with Crippen LogP contribution in [0, 0.1) is 13.8 Å². The molecular weight excluding hydrogens is 482 g/mol. The van der Waals surface area contributed by atoms with E-state index in [2.05, 4.69) is 16.0 Å². The number of hydrogen-bond acceptors (Lipinski definition) is 6. The van der Waals surface area contributed by atoms with Gasteiger partial charge in [0.2, 0.25) is 0 Å². The summed E-state index contributed by atoms with van der Waals surface area (Å²) in [5.74, 6) is 0.222. The Hall–Kier alpha value is -3.71. The lowest BCUT2D eigenvalue weighted by atomic mass is 9.81. The number of aromatic hydroxyl groups is 1. The van der Waals surface area contributed by atoms with Gasteiger partial charge in [-0.15, -0.1) is 11.3 Å². The molecule has 0 unspecified atom stereocenters. The van der Waals surface area contributed by atoms with Gasteiger partial charge in [0.25, 0.3) is 0 Å². The Kier molecular flexibility index (Phi) is 5.95. The largest absolute Gasteiger partial charge is 0.507 e. The molecule has 7 heteroatoms. The zero-order valence-electron chi connectivity index (χ0n) is 21.2. The maximum Gasteiger partial charge on any atom is 0.337 e. The number of carbonyl (C=O) groups excluding carboxylic acids is 1. The van der Waals surface area contributed by atoms with Gasteiger partial charge in [-0.1, -0.05) is 31.4 Å². The number of aryl methyl sites for hydroxylation is 2. The molecule has 0 radical (unpaired) electrons. The van der Waals surface area contributed by atoms with Gasteiger partial charge in [0.05, 0.1) is 45.2 Å². The first-order valence-electron chi connectivity index (χ1n) is 12.8. The number of rotatable bonds is 4. The van der Waals surface area contributed by atoms with Crippen LogP contribution in [0.3, 0.4) is 0 Å². The lowest BCUT2D eigenvalue weighted by Gasteiger charge is -2.23. The third kappa shape index (κ3) is 4.17. The second-order valence-electron chi connectivity index (χ2n) is 9.91. The Morgan fingerprint density at radius 3 is 2.59 bits per heavy atom. The number of phenolic OH excluding ortho intramolecular Hbond substituents is 1. The van der Waals surface area contributed by atoms with Crippen LogP contribution < -0.4 is 0 Å². The number of benzene rings is 2. The molecular formula is C30H29N3O3S. The zero-order chi connectivity index (χ0) is 25.7. The van der Waals surface area contributed by atoms with Crippen molar-refractivity contribution in [1.29, 1.82) is 0 Å². The van der Waals surface area contributed by atoms with Gasteiger partial charge in [0.1, 0.15) is 5.75 Å². The smallest absolute Gasteiger partial charge is 0.337 e. The van der Waals surface area contributed by atoms with E-state index in [0.29, 0.717) is 11.5 Å². The second-order valence-corrected chi connectivity index (χ2v) is 11.1. The van der Waals surface area contributed by atoms with Crippen LogP contribution in [0.25, 0.3) is 43.6 Å². The molecule has 0 bridgehead atoms. The average molecular weight is 512 g/mol. The molecule has 2 aromatic carbocycles. The molecule has 6 rings (SSSR count). The highest BCUT2D eigenvalue weighted by atomic mass is 32.1. The number of phenols is 1. The van der Waals surface area contributed by atoms with E-state index in [9.17, 15) is 9.90 Å². The molecule has 0 amide bonds. The van der Waals surface area contributed by atoms with Crippen LogP contribution in [-0.4, -0.2) is 33.1 Å². The normalized spacial score (nSPS) is 14.5. The van der Waals surface area contributed by atoms with Crippen molar-refractivity contribution in [3.63, 3.8) is 0 Å². The van der Waals surface area contributed by atoms with Crippen LogP contribution in [0.1, 0.15) is 64.6 Å². The van der Waals surface area contributed by atoms with E-state index in [4.69, 9.17) is 9.72 Å². The summed E-state index contributed by atoms with van der Waals surface area (Å²) in [6, 6.07) is 13.6. The highest BCUT2D eigenvalue weighted by Gasteiger charge is 2.26. The Bertz CT molecular complexity index is 1660. The molecule has 37 heavy (non-hydrogen) atoms. The van der Waals surface area contributed by atoms with Crippen LogP contribution in [0.15, 0.2) is 42.5 Å². The number of hydrogen-bond donors (Lipinski definition) is 2. The molecule has 0 saturated heterocycles. The van der Waals surface area contributed by atoms with Crippen LogP contribution in [0.4, 0.5) is 0 Å². The number of H-pyrrole nitrogens is 1. The molecule has 3 heterocycles. The third-order valence-electron chi connectivity index (χ3n) is 7.49. The molecule has 6 nitrogen and oxygen atoms in total. The summed E-state index contributed by atoms with van der Waals surface area (Å²) in [5.41, 5.74) is 6.86. The van der Waals surface area contributed by atoms with Crippen LogP contribution in [-0.2, 0) is 4.74 Å². The fourth-order valence-corrected chi connectivity index (χ4v) is 6.64. The van der Waals surface area contributed by atoms with Crippen LogP contribution in [0.2, 0.25) is 0 Å². The summed E-state index contributed by atoms with van der Waals surface area (Å²) in [6.07, 6.45) is 5.89. The standard InChI is InChI=1S/C30H29N3O3S/c1-16-29(37-17(2)31-16)23-12-10-19-13-22(26(34)15-24(19)32-23)28-27(18-7-5-4-6-8-18)21-11-9-20(30(35)36-3)14-25(21)33-28/h9-15,18,33-34H,4-8H2,1-3H3. The quantitative estimate of drug-likeness (QED) is 0.242. The van der Waals surface area contributed by atoms with Crippen molar-refractivity contribution in [2.24, 2.45) is 0 Å². The molecule has 1 saturated carbocycles. The van der Waals surface area contributed by atoms with Crippen molar-refractivity contribution in [2.75, 3.05) is 7.11 Å². The monoisotopic (exact) mass is 511 g/mol. The zero-order valence-corrected chi connectivity index (χ0v) is 22.0. The molecule has 0 atom stereocenters. The molecule has 1 aliphatic carbocycles. The van der Waals surface area contributed by atoms with E-state index in [-0.39, 0.29) is 11.7 Å². The first kappa shape index (κ1) is 23.7. The number of aromatic amines is 1. The predicted octanol–water partition coefficient (Wildman–Crippen LogP) is 7.66. The van der Waals surface area contributed by atoms with Gasteiger partial charge in [-0.2, -0.15) is 0 Å². The number of carbonyl (C=O) groups is 1. The number of esters is 1. The highest BCUT2D eigenvalue weighted by Crippen LogP contribution is 2.45. The topological polar surface area (TPSA) is 88.1 Å². The third-order valence-corrected chi connectivity index (χ3v) is 8.58. The molecule has 5 aromatic rings. The van der Waals surface area contributed by atoms with Crippen molar-refractivity contribution in [3.05, 3.63) is 64.3 Å². The van der Waals surface area contributed by atoms with Crippen molar-refractivity contribution >= 4 is 39.1 Å². The predicted molar refractivity (Wildman–Crippen MR) is 148 cm³/mol. The second kappa shape index (κ2) is 9.30. The summed E-state index contributed by atoms with van der Waals surface area (Å²) in [6.45, 7) is 4.00. The van der Waals surface area contributed by atoms with Crippen molar-refractivity contribution < 1.29 is 14.6 Å². The maximum atomic E-state index is 12.2. The molecule has 2 N–H and O–H groups in total. The summed E-state index contributed by atoms with van der Waals surface area (Å²) in [5, 5.41) is 14.3. The molecule has 3 aromatic heterocycles. The summed E-state index contributed by atoms with van der Waals surface area (Å²) in [7, 11) is 1.39. The Labute approximate surface area is 219 Å². The van der Waals surface area contributed by atoms with Crippen LogP contribution in [0.5, 0.6) is 5.75 Å². The number of nitrogens with one attached hydrogen (secondary N) is 1. The van der Waals surface area contributed by atoms with Gasteiger partial charge >= 0.3 is 5.97 Å². The van der Waals surface area contributed by atoms with E-state index in [1.165, 1.54) is 31.9 Å². The van der Waals surface area contributed by atoms with Gasteiger partial charge in [-0.05, 0) is 62.4 Å². The molecule has 0 aliphatic heterocycles.